The predicted molar refractivity (Wildman–Crippen MR) is 88.3 cm³/mol. The molecule has 1 aromatic carbocycles. The first-order valence-electron chi connectivity index (χ1n) is 7.12. The number of nitrogens with two attached hydrogens (primary N) is 1. The van der Waals surface area contributed by atoms with Gasteiger partial charge in [0.15, 0.2) is 0 Å². The molecular weight excluding hydrogens is 322 g/mol. The third-order valence-electron chi connectivity index (χ3n) is 4.16. The van der Waals surface area contributed by atoms with Crippen LogP contribution in [0.25, 0.3) is 0 Å². The van der Waals surface area contributed by atoms with Crippen molar-refractivity contribution in [3.8, 4) is 6.07 Å². The summed E-state index contributed by atoms with van der Waals surface area (Å²) in [4.78, 5) is 0.292. The second-order valence-corrected chi connectivity index (χ2v) is 7.60. The van der Waals surface area contributed by atoms with Crippen LogP contribution in [0.5, 0.6) is 0 Å². The highest BCUT2D eigenvalue weighted by molar-refractivity contribution is 7.89. The molecule has 1 fully saturated rings. The Labute approximate surface area is 138 Å². The lowest BCUT2D eigenvalue weighted by Crippen LogP contribution is -2.42. The molecule has 5 nitrogen and oxygen atoms in total. The maximum Gasteiger partial charge on any atom is 0.243 e. The van der Waals surface area contributed by atoms with Crippen LogP contribution in [-0.2, 0) is 10.0 Å². The Hall–Kier alpha value is -1.13. The largest absolute Gasteiger partial charge is 0.328 e. The van der Waals surface area contributed by atoms with Crippen LogP contribution >= 0.6 is 12.4 Å². The fourth-order valence-electron chi connectivity index (χ4n) is 2.79. The lowest BCUT2D eigenvalue weighted by atomic mass is 9.92. The van der Waals surface area contributed by atoms with Gasteiger partial charge in [-0.2, -0.15) is 9.57 Å². The monoisotopic (exact) mass is 343 g/mol. The Morgan fingerprint density at radius 2 is 1.95 bits per heavy atom. The molecule has 0 saturated carbocycles. The minimum absolute atomic E-state index is 0. The summed E-state index contributed by atoms with van der Waals surface area (Å²) >= 11 is 0. The van der Waals surface area contributed by atoms with Gasteiger partial charge in [-0.25, -0.2) is 8.42 Å². The molecule has 0 bridgehead atoms. The fourth-order valence-corrected chi connectivity index (χ4v) is 4.46. The van der Waals surface area contributed by atoms with Gasteiger partial charge in [-0.05, 0) is 56.4 Å². The minimum Gasteiger partial charge on any atom is -0.328 e. The van der Waals surface area contributed by atoms with Crippen molar-refractivity contribution in [2.24, 2.45) is 11.7 Å². The number of sulfonamides is 1. The number of nitriles is 1. The average Bonchev–Trinajstić information content (AvgIpc) is 2.46. The third-order valence-corrected chi connectivity index (χ3v) is 6.22. The highest BCUT2D eigenvalue weighted by Gasteiger charge is 2.31. The van der Waals surface area contributed by atoms with Crippen LogP contribution in [0, 0.1) is 24.2 Å². The zero-order chi connectivity index (χ0) is 15.6. The molecule has 0 amide bonds. The zero-order valence-electron chi connectivity index (χ0n) is 12.8. The average molecular weight is 344 g/mol. The predicted octanol–water partition coefficient (Wildman–Crippen LogP) is 2.04. The van der Waals surface area contributed by atoms with E-state index in [0.717, 1.165) is 12.8 Å². The molecule has 1 unspecified atom stereocenters. The lowest BCUT2D eigenvalue weighted by Gasteiger charge is -2.33. The molecule has 1 aliphatic rings. The van der Waals surface area contributed by atoms with Crippen LogP contribution in [0.15, 0.2) is 23.1 Å². The Kier molecular flexibility index (Phi) is 6.38. The van der Waals surface area contributed by atoms with E-state index in [1.807, 2.05) is 13.0 Å². The summed E-state index contributed by atoms with van der Waals surface area (Å²) in [5.74, 6) is 0.388. The fraction of sp³-hybridized carbons (Fsp3) is 0.533. The lowest BCUT2D eigenvalue weighted by molar-refractivity contribution is 0.250. The molecule has 22 heavy (non-hydrogen) atoms. The molecule has 0 aliphatic carbocycles. The van der Waals surface area contributed by atoms with Crippen LogP contribution < -0.4 is 5.73 Å². The number of rotatable bonds is 3. The quantitative estimate of drug-likeness (QED) is 0.909. The highest BCUT2D eigenvalue weighted by atomic mass is 35.5. The molecule has 2 N–H and O–H groups in total. The molecule has 1 aliphatic heterocycles. The molecule has 0 aromatic heterocycles. The smallest absolute Gasteiger partial charge is 0.243 e. The first kappa shape index (κ1) is 18.9. The number of halogens is 1. The van der Waals surface area contributed by atoms with Crippen molar-refractivity contribution in [3.63, 3.8) is 0 Å². The first-order chi connectivity index (χ1) is 9.86. The second kappa shape index (κ2) is 7.42. The highest BCUT2D eigenvalue weighted by Crippen LogP contribution is 2.27. The second-order valence-electron chi connectivity index (χ2n) is 5.69. The van der Waals surface area contributed by atoms with Crippen molar-refractivity contribution in [3.05, 3.63) is 29.3 Å². The van der Waals surface area contributed by atoms with Gasteiger partial charge in [0.2, 0.25) is 10.0 Å². The van der Waals surface area contributed by atoms with Crippen molar-refractivity contribution < 1.29 is 8.42 Å². The zero-order valence-corrected chi connectivity index (χ0v) is 14.5. The molecule has 1 aromatic rings. The molecular formula is C15H22ClN3O2S. The van der Waals surface area contributed by atoms with Gasteiger partial charge in [0.05, 0.1) is 16.5 Å². The Balaban J connectivity index is 0.00000242. The van der Waals surface area contributed by atoms with Gasteiger partial charge >= 0.3 is 0 Å². The Bertz CT molecular complexity index is 660. The van der Waals surface area contributed by atoms with Gasteiger partial charge in [0.1, 0.15) is 0 Å². The van der Waals surface area contributed by atoms with E-state index in [1.165, 1.54) is 10.4 Å². The Morgan fingerprint density at radius 1 is 1.36 bits per heavy atom. The maximum atomic E-state index is 12.7. The minimum atomic E-state index is -3.48. The van der Waals surface area contributed by atoms with E-state index >= 15 is 0 Å². The SMILES string of the molecule is Cc1cc(C#N)ccc1S(=O)(=O)N1CCC(C(C)N)CC1.Cl. The van der Waals surface area contributed by atoms with E-state index in [4.69, 9.17) is 11.0 Å². The van der Waals surface area contributed by atoms with Crippen LogP contribution in [0.4, 0.5) is 0 Å². The molecule has 1 atom stereocenters. The maximum absolute atomic E-state index is 12.7. The Morgan fingerprint density at radius 3 is 2.41 bits per heavy atom. The van der Waals surface area contributed by atoms with Crippen LogP contribution in [-0.4, -0.2) is 31.9 Å². The summed E-state index contributed by atoms with van der Waals surface area (Å²) in [7, 11) is -3.48. The topological polar surface area (TPSA) is 87.2 Å². The standard InChI is InChI=1S/C15H21N3O2S.ClH/c1-11-9-13(10-16)3-4-15(11)21(19,20)18-7-5-14(6-8-18)12(2)17;/h3-4,9,12,14H,5-8,17H2,1-2H3;1H. The number of hydrogen-bond donors (Lipinski definition) is 1. The van der Waals surface area contributed by atoms with Crippen LogP contribution in [0.2, 0.25) is 0 Å². The summed E-state index contributed by atoms with van der Waals surface area (Å²) in [6, 6.07) is 6.82. The van der Waals surface area contributed by atoms with E-state index in [9.17, 15) is 8.42 Å². The molecule has 122 valence electrons. The molecule has 0 spiro atoms. The van der Waals surface area contributed by atoms with Crippen molar-refractivity contribution in [1.29, 1.82) is 5.26 Å². The van der Waals surface area contributed by atoms with Gasteiger partial charge in [-0.3, -0.25) is 0 Å². The third kappa shape index (κ3) is 3.79. The molecule has 0 radical (unpaired) electrons. The van der Waals surface area contributed by atoms with Crippen molar-refractivity contribution in [2.45, 2.75) is 37.6 Å². The van der Waals surface area contributed by atoms with Gasteiger partial charge in [-0.15, -0.1) is 12.4 Å². The number of nitrogens with zero attached hydrogens (tertiary/aromatic N) is 2. The summed E-state index contributed by atoms with van der Waals surface area (Å²) in [5.41, 5.74) is 6.98. The normalized spacial score (nSPS) is 18.3. The van der Waals surface area contributed by atoms with E-state index in [0.29, 0.717) is 35.0 Å². The van der Waals surface area contributed by atoms with E-state index in [-0.39, 0.29) is 18.4 Å². The number of hydrogen-bond acceptors (Lipinski definition) is 4. The summed E-state index contributed by atoms with van der Waals surface area (Å²) in [6.45, 7) is 4.71. The number of benzene rings is 1. The van der Waals surface area contributed by atoms with E-state index < -0.39 is 10.0 Å². The van der Waals surface area contributed by atoms with Crippen molar-refractivity contribution in [2.75, 3.05) is 13.1 Å². The van der Waals surface area contributed by atoms with Crippen LogP contribution in [0.3, 0.4) is 0 Å². The molecule has 1 heterocycles. The van der Waals surface area contributed by atoms with Gasteiger partial charge in [-0.1, -0.05) is 0 Å². The van der Waals surface area contributed by atoms with Gasteiger partial charge in [0.25, 0.3) is 0 Å². The number of piperidine rings is 1. The first-order valence-corrected chi connectivity index (χ1v) is 8.56. The summed E-state index contributed by atoms with van der Waals surface area (Å²) < 4.78 is 26.9. The summed E-state index contributed by atoms with van der Waals surface area (Å²) in [6.07, 6.45) is 1.60. The molecule has 1 saturated heterocycles. The van der Waals surface area contributed by atoms with E-state index in [1.54, 1.807) is 19.1 Å². The van der Waals surface area contributed by atoms with Crippen LogP contribution in [0.1, 0.15) is 30.9 Å². The van der Waals surface area contributed by atoms with Gasteiger partial charge < -0.3 is 5.73 Å². The van der Waals surface area contributed by atoms with Gasteiger partial charge in [0, 0.05) is 19.1 Å². The van der Waals surface area contributed by atoms with E-state index in [2.05, 4.69) is 0 Å². The number of aryl methyl sites for hydroxylation is 1. The van der Waals surface area contributed by atoms with Crippen molar-refractivity contribution >= 4 is 22.4 Å². The summed E-state index contributed by atoms with van der Waals surface area (Å²) in [5, 5.41) is 8.86. The van der Waals surface area contributed by atoms with Crippen molar-refractivity contribution in [1.82, 2.24) is 4.31 Å². The molecule has 2 rings (SSSR count). The molecule has 7 heteroatoms.